The molecular weight excluding hydrogens is 336 g/mol. The summed E-state index contributed by atoms with van der Waals surface area (Å²) < 4.78 is 26.4. The van der Waals surface area contributed by atoms with Gasteiger partial charge >= 0.3 is 0 Å². The van der Waals surface area contributed by atoms with Gasteiger partial charge in [0.15, 0.2) is 0 Å². The first-order chi connectivity index (χ1) is 11.3. The van der Waals surface area contributed by atoms with E-state index in [9.17, 15) is 23.3 Å². The van der Waals surface area contributed by atoms with Gasteiger partial charge in [0.1, 0.15) is 5.69 Å². The quantitative estimate of drug-likeness (QED) is 0.602. The van der Waals surface area contributed by atoms with Gasteiger partial charge in [-0.2, -0.15) is 14.4 Å². The summed E-state index contributed by atoms with van der Waals surface area (Å²) in [5.74, 6) is -0.384. The zero-order valence-electron chi connectivity index (χ0n) is 13.0. The van der Waals surface area contributed by atoms with Crippen LogP contribution >= 0.6 is 0 Å². The number of nitro benzene ring substituents is 1. The lowest BCUT2D eigenvalue weighted by Gasteiger charge is -2.17. The van der Waals surface area contributed by atoms with Crippen LogP contribution in [0.5, 0.6) is 0 Å². The molecule has 1 aromatic carbocycles. The summed E-state index contributed by atoms with van der Waals surface area (Å²) >= 11 is 0. The van der Waals surface area contributed by atoms with Crippen molar-refractivity contribution in [3.63, 3.8) is 0 Å². The van der Waals surface area contributed by atoms with Crippen LogP contribution in [0.4, 0.5) is 11.4 Å². The summed E-state index contributed by atoms with van der Waals surface area (Å²) in [4.78, 5) is 22.4. The summed E-state index contributed by atoms with van der Waals surface area (Å²) in [6.45, 7) is 2.47. The van der Waals surface area contributed by atoms with Crippen molar-refractivity contribution in [2.24, 2.45) is 5.10 Å². The summed E-state index contributed by atoms with van der Waals surface area (Å²) in [5.41, 5.74) is 0.0624. The minimum absolute atomic E-state index is 0.0257. The summed E-state index contributed by atoms with van der Waals surface area (Å²) in [6, 6.07) is 3.55. The second-order valence-electron chi connectivity index (χ2n) is 5.74. The van der Waals surface area contributed by atoms with E-state index in [0.29, 0.717) is 18.8 Å². The number of nitrogens with zero attached hydrogens (tertiary/aromatic N) is 4. The van der Waals surface area contributed by atoms with Gasteiger partial charge in [-0.3, -0.25) is 14.9 Å². The normalized spacial score (nSPS) is 19.0. The third-order valence-electron chi connectivity index (χ3n) is 3.99. The molecule has 1 fully saturated rings. The predicted molar refractivity (Wildman–Crippen MR) is 86.3 cm³/mol. The lowest BCUT2D eigenvalue weighted by molar-refractivity contribution is -0.384. The van der Waals surface area contributed by atoms with Crippen molar-refractivity contribution in [3.8, 4) is 0 Å². The average Bonchev–Trinajstić information content (AvgIpc) is 3.16. The van der Waals surface area contributed by atoms with E-state index in [4.69, 9.17) is 0 Å². The van der Waals surface area contributed by atoms with Crippen LogP contribution in [0.1, 0.15) is 26.2 Å². The first kappa shape index (κ1) is 16.5. The SMILES string of the molecule is CC1=NN(c2ccc(S(=O)(=O)N3CCCC3)cc2[N+](=O)[O-])C(=O)C1. The molecule has 128 valence electrons. The van der Waals surface area contributed by atoms with Crippen LogP contribution < -0.4 is 5.01 Å². The monoisotopic (exact) mass is 352 g/mol. The molecule has 0 aliphatic carbocycles. The van der Waals surface area contributed by atoms with Gasteiger partial charge in [0, 0.05) is 24.9 Å². The highest BCUT2D eigenvalue weighted by molar-refractivity contribution is 7.89. The Kier molecular flexibility index (Phi) is 4.10. The maximum absolute atomic E-state index is 12.6. The molecule has 3 rings (SSSR count). The Bertz CT molecular complexity index is 843. The number of sulfonamides is 1. The fourth-order valence-corrected chi connectivity index (χ4v) is 4.35. The molecule has 1 aromatic rings. The van der Waals surface area contributed by atoms with Crippen LogP contribution in [0.25, 0.3) is 0 Å². The Morgan fingerprint density at radius 2 is 1.92 bits per heavy atom. The molecule has 1 amide bonds. The van der Waals surface area contributed by atoms with Crippen molar-refractivity contribution >= 4 is 33.0 Å². The maximum Gasteiger partial charge on any atom is 0.296 e. The van der Waals surface area contributed by atoms with Crippen LogP contribution in [-0.4, -0.2) is 42.4 Å². The third-order valence-corrected chi connectivity index (χ3v) is 5.88. The Balaban J connectivity index is 2.05. The van der Waals surface area contributed by atoms with E-state index in [-0.39, 0.29) is 22.9 Å². The van der Waals surface area contributed by atoms with E-state index < -0.39 is 20.6 Å². The van der Waals surface area contributed by atoms with E-state index in [1.807, 2.05) is 0 Å². The molecule has 0 N–H and O–H groups in total. The molecule has 0 bridgehead atoms. The second kappa shape index (κ2) is 5.95. The van der Waals surface area contributed by atoms with E-state index in [2.05, 4.69) is 5.10 Å². The van der Waals surface area contributed by atoms with Crippen molar-refractivity contribution in [3.05, 3.63) is 28.3 Å². The maximum atomic E-state index is 12.6. The lowest BCUT2D eigenvalue weighted by Crippen LogP contribution is -2.28. The van der Waals surface area contributed by atoms with Gasteiger partial charge in [-0.15, -0.1) is 0 Å². The fourth-order valence-electron chi connectivity index (χ4n) is 2.81. The van der Waals surface area contributed by atoms with E-state index in [1.165, 1.54) is 16.4 Å². The molecule has 0 aromatic heterocycles. The van der Waals surface area contributed by atoms with Gasteiger partial charge in [-0.1, -0.05) is 0 Å². The first-order valence-corrected chi connectivity index (χ1v) is 8.90. The molecule has 2 aliphatic rings. The van der Waals surface area contributed by atoms with Crippen LogP contribution in [0.2, 0.25) is 0 Å². The predicted octanol–water partition coefficient (Wildman–Crippen LogP) is 1.49. The highest BCUT2D eigenvalue weighted by Gasteiger charge is 2.33. The van der Waals surface area contributed by atoms with Gasteiger partial charge in [-0.25, -0.2) is 8.42 Å². The minimum Gasteiger partial charge on any atom is -0.272 e. The molecule has 9 nitrogen and oxygen atoms in total. The topological polar surface area (TPSA) is 113 Å². The molecule has 1 saturated heterocycles. The molecule has 0 spiro atoms. The van der Waals surface area contributed by atoms with Gasteiger partial charge in [0.05, 0.1) is 16.2 Å². The van der Waals surface area contributed by atoms with Crippen molar-refractivity contribution in [2.45, 2.75) is 31.1 Å². The molecular formula is C14H16N4O5S. The third kappa shape index (κ3) is 2.78. The first-order valence-electron chi connectivity index (χ1n) is 7.46. The largest absolute Gasteiger partial charge is 0.296 e. The molecule has 0 radical (unpaired) electrons. The van der Waals surface area contributed by atoms with Crippen molar-refractivity contribution < 1.29 is 18.1 Å². The van der Waals surface area contributed by atoms with E-state index in [0.717, 1.165) is 23.9 Å². The Morgan fingerprint density at radius 3 is 2.46 bits per heavy atom. The van der Waals surface area contributed by atoms with Gasteiger partial charge in [0.2, 0.25) is 10.0 Å². The van der Waals surface area contributed by atoms with Crippen molar-refractivity contribution in [1.82, 2.24) is 4.31 Å². The average molecular weight is 352 g/mol. The van der Waals surface area contributed by atoms with Crippen LogP contribution in [0, 0.1) is 10.1 Å². The number of rotatable bonds is 4. The van der Waals surface area contributed by atoms with Crippen molar-refractivity contribution in [1.29, 1.82) is 0 Å². The van der Waals surface area contributed by atoms with Gasteiger partial charge in [0.25, 0.3) is 11.6 Å². The molecule has 2 aliphatic heterocycles. The number of hydrazone groups is 1. The number of benzene rings is 1. The molecule has 2 heterocycles. The van der Waals surface area contributed by atoms with E-state index >= 15 is 0 Å². The molecule has 24 heavy (non-hydrogen) atoms. The number of amides is 1. The summed E-state index contributed by atoms with van der Waals surface area (Å²) in [5, 5.41) is 16.3. The van der Waals surface area contributed by atoms with Crippen LogP contribution in [0.3, 0.4) is 0 Å². The summed E-state index contributed by atoms with van der Waals surface area (Å²) in [7, 11) is -3.77. The molecule has 0 saturated carbocycles. The Labute approximate surface area is 138 Å². The lowest BCUT2D eigenvalue weighted by atomic mass is 10.2. The highest BCUT2D eigenvalue weighted by Crippen LogP contribution is 2.34. The highest BCUT2D eigenvalue weighted by atomic mass is 32.2. The second-order valence-corrected chi connectivity index (χ2v) is 7.67. The zero-order chi connectivity index (χ0) is 17.5. The van der Waals surface area contributed by atoms with Gasteiger partial charge < -0.3 is 0 Å². The summed E-state index contributed by atoms with van der Waals surface area (Å²) in [6.07, 6.45) is 1.64. The standard InChI is InChI=1S/C14H16N4O5S/c1-10-8-14(19)17(15-10)12-5-4-11(9-13(12)18(20)21)24(22,23)16-6-2-3-7-16/h4-5,9H,2-3,6-8H2,1H3. The van der Waals surface area contributed by atoms with E-state index in [1.54, 1.807) is 6.92 Å². The molecule has 10 heteroatoms. The zero-order valence-corrected chi connectivity index (χ0v) is 13.8. The fraction of sp³-hybridized carbons (Fsp3) is 0.429. The Morgan fingerprint density at radius 1 is 1.25 bits per heavy atom. The van der Waals surface area contributed by atoms with Crippen LogP contribution in [-0.2, 0) is 14.8 Å². The van der Waals surface area contributed by atoms with Crippen molar-refractivity contribution in [2.75, 3.05) is 18.1 Å². The smallest absolute Gasteiger partial charge is 0.272 e. The number of carbonyl (C=O) groups is 1. The number of anilines is 1. The van der Waals surface area contributed by atoms with Crippen LogP contribution in [0.15, 0.2) is 28.2 Å². The minimum atomic E-state index is -3.77. The molecule has 0 atom stereocenters. The number of nitro groups is 1. The number of hydrogen-bond acceptors (Lipinski definition) is 6. The molecule has 0 unspecified atom stereocenters. The number of carbonyl (C=O) groups excluding carboxylic acids is 1. The Hall–Kier alpha value is -2.33. The number of hydrogen-bond donors (Lipinski definition) is 0. The van der Waals surface area contributed by atoms with Gasteiger partial charge in [-0.05, 0) is 31.9 Å².